The van der Waals surface area contributed by atoms with E-state index in [1.54, 1.807) is 11.5 Å². The molecule has 12 nitrogen and oxygen atoms in total. The summed E-state index contributed by atoms with van der Waals surface area (Å²) in [7, 11) is 1.28. The molecule has 1 unspecified atom stereocenters. The molecule has 3 N–H and O–H groups in total. The van der Waals surface area contributed by atoms with E-state index in [9.17, 15) is 19.2 Å². The van der Waals surface area contributed by atoms with Crippen LogP contribution in [0.4, 0.5) is 5.13 Å². The smallest absolute Gasteiger partial charge is 0.358 e. The molecule has 0 saturated carbocycles. The number of thioether (sulfide) groups is 1. The Kier molecular flexibility index (Phi) is 8.28. The maximum Gasteiger partial charge on any atom is 0.358 e. The van der Waals surface area contributed by atoms with E-state index in [1.807, 2.05) is 13.0 Å². The van der Waals surface area contributed by atoms with Crippen LogP contribution < -0.4 is 11.1 Å². The number of amides is 2. The summed E-state index contributed by atoms with van der Waals surface area (Å²) >= 11 is 2.51. The number of nitrogen functional groups attached to an aromatic ring is 1. The molecule has 0 radical (unpaired) electrons. The Morgan fingerprint density at radius 1 is 1.38 bits per heavy atom. The van der Waals surface area contributed by atoms with Crippen LogP contribution in [0.15, 0.2) is 34.0 Å². The summed E-state index contributed by atoms with van der Waals surface area (Å²) in [6.45, 7) is 2.54. The molecular weight excluding hydrogens is 486 g/mol. The summed E-state index contributed by atoms with van der Waals surface area (Å²) in [5, 5.41) is 7.59. The van der Waals surface area contributed by atoms with Gasteiger partial charge in [-0.2, -0.15) is 0 Å². The molecule has 2 amide bonds. The number of β-lactam (4-membered cyclic amide) rings is 1. The average Bonchev–Trinajstić information content (AvgIpc) is 3.24. The van der Waals surface area contributed by atoms with E-state index in [-0.39, 0.29) is 22.2 Å². The number of hydrogen-bond acceptors (Lipinski definition) is 12. The Hall–Kier alpha value is -3.39. The van der Waals surface area contributed by atoms with Gasteiger partial charge in [0.15, 0.2) is 10.8 Å². The molecule has 14 heteroatoms. The molecular formula is C20H23N5O7S2. The van der Waals surface area contributed by atoms with Gasteiger partial charge in [-0.1, -0.05) is 24.2 Å². The first-order valence-corrected chi connectivity index (χ1v) is 12.0. The van der Waals surface area contributed by atoms with Crippen molar-refractivity contribution in [3.63, 3.8) is 0 Å². The van der Waals surface area contributed by atoms with Gasteiger partial charge < -0.3 is 25.4 Å². The van der Waals surface area contributed by atoms with Gasteiger partial charge in [-0.15, -0.1) is 23.1 Å². The Morgan fingerprint density at radius 3 is 2.76 bits per heavy atom. The number of oxime groups is 1. The van der Waals surface area contributed by atoms with Crippen LogP contribution >= 0.6 is 23.1 Å². The summed E-state index contributed by atoms with van der Waals surface area (Å²) in [6.07, 6.45) is 4.33. The molecule has 2 aliphatic heterocycles. The van der Waals surface area contributed by atoms with E-state index in [0.717, 1.165) is 17.8 Å². The predicted molar refractivity (Wildman–Crippen MR) is 124 cm³/mol. The van der Waals surface area contributed by atoms with Gasteiger partial charge in [0.2, 0.25) is 6.79 Å². The van der Waals surface area contributed by atoms with E-state index in [0.29, 0.717) is 11.3 Å². The van der Waals surface area contributed by atoms with Crippen molar-refractivity contribution < 1.29 is 33.5 Å². The summed E-state index contributed by atoms with van der Waals surface area (Å²) in [5.74, 6) is -2.19. The second-order valence-electron chi connectivity index (χ2n) is 6.92. The number of nitrogens with two attached hydrogens (primary N) is 1. The number of hydrogen-bond donors (Lipinski definition) is 2. The zero-order valence-electron chi connectivity index (χ0n) is 18.6. The second kappa shape index (κ2) is 11.2. The molecule has 3 rings (SSSR count). The predicted octanol–water partition coefficient (Wildman–Crippen LogP) is 0.760. The Labute approximate surface area is 203 Å². The Balaban J connectivity index is 1.79. The maximum absolute atomic E-state index is 13.0. The van der Waals surface area contributed by atoms with Crippen LogP contribution in [0.5, 0.6) is 0 Å². The topological polar surface area (TPSA) is 163 Å². The van der Waals surface area contributed by atoms with Gasteiger partial charge in [0, 0.05) is 18.1 Å². The fourth-order valence-corrected chi connectivity index (χ4v) is 5.02. The third-order valence-corrected chi connectivity index (χ3v) is 6.62. The molecule has 0 bridgehead atoms. The molecule has 1 saturated heterocycles. The number of ether oxygens (including phenoxy) is 2. The second-order valence-corrected chi connectivity index (χ2v) is 8.92. The van der Waals surface area contributed by atoms with E-state index in [1.165, 1.54) is 30.7 Å². The lowest BCUT2D eigenvalue weighted by atomic mass is 10.0. The number of carbonyl (C=O) groups is 4. The Bertz CT molecular complexity index is 1080. The standard InChI is InChI=1S/C20H23N5O7S2/c1-4-5-6-11-7-33-18-14(17(28)25(18)15(11)19(29)32-9-31-10(2)26)23-16(27)13(24-30-3)12-8-34-20(21)22-12/h5-6,8,14,18H,4,7,9H2,1-3H3,(H2,21,22)(H,23,27)/b6-5-,24-13+/t14?,18-/m1/s1. The normalized spacial score (nSPS) is 20.0. The van der Waals surface area contributed by atoms with Crippen LogP contribution in [0.3, 0.4) is 0 Å². The molecule has 2 atom stereocenters. The average molecular weight is 510 g/mol. The lowest BCUT2D eigenvalue weighted by molar-refractivity contribution is -0.166. The Morgan fingerprint density at radius 2 is 2.15 bits per heavy atom. The van der Waals surface area contributed by atoms with Crippen LogP contribution in [-0.4, -0.2) is 70.4 Å². The fourth-order valence-electron chi connectivity index (χ4n) is 3.16. The van der Waals surface area contributed by atoms with Crippen molar-refractivity contribution in [2.75, 3.05) is 25.4 Å². The van der Waals surface area contributed by atoms with Crippen LogP contribution in [0.2, 0.25) is 0 Å². The van der Waals surface area contributed by atoms with Gasteiger partial charge in [0.05, 0.1) is 0 Å². The van der Waals surface area contributed by atoms with Gasteiger partial charge in [-0.25, -0.2) is 9.78 Å². The van der Waals surface area contributed by atoms with Crippen molar-refractivity contribution in [1.29, 1.82) is 0 Å². The van der Waals surface area contributed by atoms with Crippen LogP contribution in [0, 0.1) is 0 Å². The van der Waals surface area contributed by atoms with Crippen LogP contribution in [-0.2, 0) is 33.5 Å². The van der Waals surface area contributed by atoms with Gasteiger partial charge >= 0.3 is 11.9 Å². The SMILES string of the molecule is CC/C=C\C1=C(C(=O)OCOC(C)=O)N2C(=O)C(NC(=O)/C(=N/OC)c3csc(N)n3)[C@H]2SC1. The number of anilines is 1. The minimum Gasteiger partial charge on any atom is -0.428 e. The third kappa shape index (κ3) is 5.39. The highest BCUT2D eigenvalue weighted by Crippen LogP contribution is 2.41. The van der Waals surface area contributed by atoms with Gasteiger partial charge in [-0.3, -0.25) is 19.3 Å². The summed E-state index contributed by atoms with van der Waals surface area (Å²) in [5.41, 5.74) is 6.36. The molecule has 1 aromatic heterocycles. The number of rotatable bonds is 9. The van der Waals surface area contributed by atoms with Crippen molar-refractivity contribution in [3.8, 4) is 0 Å². The first-order valence-electron chi connectivity index (χ1n) is 10.1. The summed E-state index contributed by atoms with van der Waals surface area (Å²) in [6, 6.07) is -0.913. The quantitative estimate of drug-likeness (QED) is 0.160. The number of esters is 2. The van der Waals surface area contributed by atoms with Crippen molar-refractivity contribution in [2.45, 2.75) is 31.7 Å². The molecule has 0 aromatic carbocycles. The highest BCUT2D eigenvalue weighted by atomic mass is 32.2. The summed E-state index contributed by atoms with van der Waals surface area (Å²) < 4.78 is 9.70. The molecule has 3 heterocycles. The van der Waals surface area contributed by atoms with Crippen molar-refractivity contribution in [1.82, 2.24) is 15.2 Å². The number of aromatic nitrogens is 1. The van der Waals surface area contributed by atoms with E-state index < -0.39 is 42.0 Å². The van der Waals surface area contributed by atoms with Crippen LogP contribution in [0.1, 0.15) is 26.0 Å². The van der Waals surface area contributed by atoms with Crippen LogP contribution in [0.25, 0.3) is 0 Å². The van der Waals surface area contributed by atoms with Crippen molar-refractivity contribution >= 4 is 57.7 Å². The number of nitrogens with zero attached hydrogens (tertiary/aromatic N) is 3. The molecule has 1 fully saturated rings. The number of allylic oxidation sites excluding steroid dienone is 2. The third-order valence-electron chi connectivity index (χ3n) is 4.65. The van der Waals surface area contributed by atoms with Gasteiger partial charge in [0.25, 0.3) is 11.8 Å². The van der Waals surface area contributed by atoms with E-state index >= 15 is 0 Å². The molecule has 182 valence electrons. The first-order chi connectivity index (χ1) is 16.3. The van der Waals surface area contributed by atoms with Gasteiger partial charge in [0.1, 0.15) is 29.9 Å². The fraction of sp³-hybridized carbons (Fsp3) is 0.400. The molecule has 2 aliphatic rings. The maximum atomic E-state index is 13.0. The molecule has 34 heavy (non-hydrogen) atoms. The van der Waals surface area contributed by atoms with E-state index in [4.69, 9.17) is 15.3 Å². The lowest BCUT2D eigenvalue weighted by Gasteiger charge is -2.49. The largest absolute Gasteiger partial charge is 0.428 e. The summed E-state index contributed by atoms with van der Waals surface area (Å²) in [4.78, 5) is 59.6. The number of carbonyl (C=O) groups excluding carboxylic acids is 4. The highest BCUT2D eigenvalue weighted by Gasteiger charge is 2.54. The number of thiazole rings is 1. The zero-order valence-corrected chi connectivity index (χ0v) is 20.2. The minimum absolute atomic E-state index is 0.0501. The highest BCUT2D eigenvalue weighted by molar-refractivity contribution is 8.00. The molecule has 1 aromatic rings. The lowest BCUT2D eigenvalue weighted by Crippen LogP contribution is -2.71. The molecule has 0 aliphatic carbocycles. The monoisotopic (exact) mass is 509 g/mol. The van der Waals surface area contributed by atoms with Crippen molar-refractivity contribution in [2.24, 2.45) is 5.16 Å². The number of nitrogens with one attached hydrogen (secondary N) is 1. The first kappa shape index (κ1) is 25.2. The zero-order chi connectivity index (χ0) is 24.8. The van der Waals surface area contributed by atoms with Crippen molar-refractivity contribution in [3.05, 3.63) is 34.5 Å². The minimum atomic E-state index is -0.913. The van der Waals surface area contributed by atoms with Gasteiger partial charge in [-0.05, 0) is 12.0 Å². The van der Waals surface area contributed by atoms with E-state index in [2.05, 4.69) is 20.2 Å². The molecule has 0 spiro atoms. The number of fused-ring (bicyclic) bond motifs is 1.